The molecular formula is C22H23ClN4O3. The summed E-state index contributed by atoms with van der Waals surface area (Å²) in [7, 11) is 3.15. The van der Waals surface area contributed by atoms with E-state index in [1.807, 2.05) is 24.3 Å². The predicted octanol–water partition coefficient (Wildman–Crippen LogP) is 3.25. The zero-order valence-electron chi connectivity index (χ0n) is 16.9. The number of aromatic nitrogens is 2. The van der Waals surface area contributed by atoms with E-state index in [0.717, 1.165) is 28.9 Å². The van der Waals surface area contributed by atoms with E-state index in [1.54, 1.807) is 26.4 Å². The van der Waals surface area contributed by atoms with E-state index >= 15 is 0 Å². The Bertz CT molecular complexity index is 1130. The largest absolute Gasteiger partial charge is 0.493 e. The predicted molar refractivity (Wildman–Crippen MR) is 117 cm³/mol. The number of hydrogen-bond donors (Lipinski definition) is 2. The minimum atomic E-state index is -0.0874. The Kier molecular flexibility index (Phi) is 5.65. The van der Waals surface area contributed by atoms with E-state index in [2.05, 4.69) is 9.88 Å². The van der Waals surface area contributed by atoms with E-state index in [-0.39, 0.29) is 5.56 Å². The molecule has 1 aliphatic heterocycles. The fraction of sp³-hybridized carbons (Fsp3) is 0.273. The third-order valence-electron chi connectivity index (χ3n) is 5.30. The first kappa shape index (κ1) is 20.3. The van der Waals surface area contributed by atoms with Crippen molar-refractivity contribution in [3.05, 3.63) is 68.6 Å². The lowest BCUT2D eigenvalue weighted by atomic mass is 10.0. The average Bonchev–Trinajstić information content (AvgIpc) is 2.75. The standard InChI is InChI=1S/C22H23ClN4O3/c1-29-18-8-5-14(19(23)20(18)30-2)11-27-10-9-16-17(12-27)25-21(26-22(16)28)13-3-6-15(24)7-4-13/h3-8H,9-12,24H2,1-2H3,(H,25,26,28). The molecule has 7 nitrogen and oxygen atoms in total. The fourth-order valence-corrected chi connectivity index (χ4v) is 3.99. The van der Waals surface area contributed by atoms with Crippen LogP contribution in [0.4, 0.5) is 5.69 Å². The van der Waals surface area contributed by atoms with Gasteiger partial charge in [-0.2, -0.15) is 0 Å². The highest BCUT2D eigenvalue weighted by atomic mass is 35.5. The number of nitrogens with zero attached hydrogens (tertiary/aromatic N) is 2. The second kappa shape index (κ2) is 8.38. The molecule has 0 spiro atoms. The van der Waals surface area contributed by atoms with E-state index < -0.39 is 0 Å². The third kappa shape index (κ3) is 3.86. The molecule has 0 unspecified atom stereocenters. The SMILES string of the molecule is COc1ccc(CN2CCc3c(nc(-c4ccc(N)cc4)[nH]c3=O)C2)c(Cl)c1OC. The first-order valence-corrected chi connectivity index (χ1v) is 9.97. The lowest BCUT2D eigenvalue weighted by Gasteiger charge is -2.28. The molecule has 0 aliphatic carbocycles. The van der Waals surface area contributed by atoms with E-state index in [4.69, 9.17) is 31.8 Å². The van der Waals surface area contributed by atoms with Crippen LogP contribution in [-0.4, -0.2) is 35.6 Å². The molecule has 2 heterocycles. The molecule has 156 valence electrons. The number of nitrogen functional groups attached to an aromatic ring is 1. The van der Waals surface area contributed by atoms with Gasteiger partial charge in [0.15, 0.2) is 11.5 Å². The van der Waals surface area contributed by atoms with Crippen LogP contribution in [0.1, 0.15) is 16.8 Å². The van der Waals surface area contributed by atoms with Crippen molar-refractivity contribution in [1.29, 1.82) is 0 Å². The first-order valence-electron chi connectivity index (χ1n) is 9.60. The zero-order chi connectivity index (χ0) is 21.3. The lowest BCUT2D eigenvalue weighted by Crippen LogP contribution is -2.35. The van der Waals surface area contributed by atoms with Gasteiger partial charge in [0.25, 0.3) is 5.56 Å². The number of nitrogens with two attached hydrogens (primary N) is 1. The van der Waals surface area contributed by atoms with Gasteiger partial charge in [0.2, 0.25) is 0 Å². The van der Waals surface area contributed by atoms with Gasteiger partial charge in [-0.15, -0.1) is 0 Å². The lowest BCUT2D eigenvalue weighted by molar-refractivity contribution is 0.240. The summed E-state index contributed by atoms with van der Waals surface area (Å²) in [4.78, 5) is 22.5. The Morgan fingerprint density at radius 3 is 2.63 bits per heavy atom. The van der Waals surface area contributed by atoms with Gasteiger partial charge in [-0.1, -0.05) is 17.7 Å². The molecule has 0 bridgehead atoms. The molecule has 0 saturated carbocycles. The zero-order valence-corrected chi connectivity index (χ0v) is 17.6. The number of benzene rings is 2. The monoisotopic (exact) mass is 426 g/mol. The van der Waals surface area contributed by atoms with Crippen molar-refractivity contribution in [1.82, 2.24) is 14.9 Å². The number of rotatable bonds is 5. The Morgan fingerprint density at radius 1 is 1.17 bits per heavy atom. The van der Waals surface area contributed by atoms with Crippen LogP contribution in [-0.2, 0) is 19.5 Å². The summed E-state index contributed by atoms with van der Waals surface area (Å²) in [6.07, 6.45) is 0.630. The molecule has 0 amide bonds. The van der Waals surface area contributed by atoms with Gasteiger partial charge >= 0.3 is 0 Å². The van der Waals surface area contributed by atoms with Crippen LogP contribution in [0.5, 0.6) is 11.5 Å². The highest BCUT2D eigenvalue weighted by Gasteiger charge is 2.23. The number of aromatic amines is 1. The third-order valence-corrected chi connectivity index (χ3v) is 5.71. The van der Waals surface area contributed by atoms with Gasteiger partial charge in [-0.3, -0.25) is 9.69 Å². The summed E-state index contributed by atoms with van der Waals surface area (Å²) < 4.78 is 10.7. The molecule has 8 heteroatoms. The highest BCUT2D eigenvalue weighted by Crippen LogP contribution is 2.38. The number of methoxy groups -OCH3 is 2. The smallest absolute Gasteiger partial charge is 0.254 e. The van der Waals surface area contributed by atoms with Crippen molar-refractivity contribution in [3.8, 4) is 22.9 Å². The maximum atomic E-state index is 12.6. The molecule has 30 heavy (non-hydrogen) atoms. The Morgan fingerprint density at radius 2 is 1.93 bits per heavy atom. The van der Waals surface area contributed by atoms with Crippen molar-refractivity contribution >= 4 is 17.3 Å². The maximum Gasteiger partial charge on any atom is 0.254 e. The fourth-order valence-electron chi connectivity index (χ4n) is 3.70. The van der Waals surface area contributed by atoms with Crippen molar-refractivity contribution in [2.75, 3.05) is 26.5 Å². The van der Waals surface area contributed by atoms with Gasteiger partial charge in [0, 0.05) is 36.4 Å². The van der Waals surface area contributed by atoms with E-state index in [0.29, 0.717) is 47.5 Å². The van der Waals surface area contributed by atoms with E-state index in [9.17, 15) is 4.79 Å². The van der Waals surface area contributed by atoms with Crippen LogP contribution in [0.25, 0.3) is 11.4 Å². The van der Waals surface area contributed by atoms with Crippen LogP contribution in [0.2, 0.25) is 5.02 Å². The van der Waals surface area contributed by atoms with Gasteiger partial charge in [0.05, 0.1) is 24.9 Å². The summed E-state index contributed by atoms with van der Waals surface area (Å²) in [6, 6.07) is 11.1. The summed E-state index contributed by atoms with van der Waals surface area (Å²) >= 11 is 6.54. The Labute approximate surface area is 179 Å². The summed E-state index contributed by atoms with van der Waals surface area (Å²) in [5.74, 6) is 1.66. The van der Waals surface area contributed by atoms with Crippen LogP contribution in [0, 0.1) is 0 Å². The van der Waals surface area contributed by atoms with Crippen molar-refractivity contribution in [2.45, 2.75) is 19.5 Å². The first-order chi connectivity index (χ1) is 14.5. The van der Waals surface area contributed by atoms with Gasteiger partial charge in [0.1, 0.15) is 5.82 Å². The van der Waals surface area contributed by atoms with Gasteiger partial charge in [-0.05, 0) is 42.3 Å². The molecule has 0 atom stereocenters. The molecule has 3 aromatic rings. The number of ether oxygens (including phenoxy) is 2. The quantitative estimate of drug-likeness (QED) is 0.608. The summed E-state index contributed by atoms with van der Waals surface area (Å²) in [5.41, 5.74) is 9.62. The minimum Gasteiger partial charge on any atom is -0.493 e. The molecule has 0 fully saturated rings. The van der Waals surface area contributed by atoms with Crippen molar-refractivity contribution < 1.29 is 9.47 Å². The Balaban J connectivity index is 1.60. The molecule has 0 radical (unpaired) electrons. The number of anilines is 1. The molecule has 0 saturated heterocycles. The van der Waals surface area contributed by atoms with Crippen LogP contribution >= 0.6 is 11.6 Å². The molecular weight excluding hydrogens is 404 g/mol. The van der Waals surface area contributed by atoms with Crippen LogP contribution in [0.3, 0.4) is 0 Å². The number of hydrogen-bond acceptors (Lipinski definition) is 6. The summed E-state index contributed by atoms with van der Waals surface area (Å²) in [5, 5.41) is 0.532. The second-order valence-electron chi connectivity index (χ2n) is 7.20. The summed E-state index contributed by atoms with van der Waals surface area (Å²) in [6.45, 7) is 1.92. The molecule has 2 aromatic carbocycles. The van der Waals surface area contributed by atoms with Gasteiger partial charge in [-0.25, -0.2) is 4.98 Å². The topological polar surface area (TPSA) is 93.5 Å². The molecule has 3 N–H and O–H groups in total. The molecule has 1 aliphatic rings. The molecule has 1 aromatic heterocycles. The van der Waals surface area contributed by atoms with Gasteiger partial charge < -0.3 is 20.2 Å². The van der Waals surface area contributed by atoms with Crippen molar-refractivity contribution in [3.63, 3.8) is 0 Å². The van der Waals surface area contributed by atoms with Crippen LogP contribution < -0.4 is 20.8 Å². The van der Waals surface area contributed by atoms with E-state index in [1.165, 1.54) is 0 Å². The number of H-pyrrole nitrogens is 1. The number of nitrogens with one attached hydrogen (secondary N) is 1. The minimum absolute atomic E-state index is 0.0874. The normalized spacial score (nSPS) is 13.7. The number of halogens is 1. The van der Waals surface area contributed by atoms with Crippen LogP contribution in [0.15, 0.2) is 41.2 Å². The maximum absolute atomic E-state index is 12.6. The molecule has 4 rings (SSSR count). The highest BCUT2D eigenvalue weighted by molar-refractivity contribution is 6.33. The second-order valence-corrected chi connectivity index (χ2v) is 7.57. The Hall–Kier alpha value is -3.03. The van der Waals surface area contributed by atoms with Crippen molar-refractivity contribution in [2.24, 2.45) is 0 Å². The number of fused-ring (bicyclic) bond motifs is 1. The average molecular weight is 427 g/mol.